The number of rotatable bonds is 30. The molecule has 0 bridgehead atoms. The first-order chi connectivity index (χ1) is 18.8. The van der Waals surface area contributed by atoms with Gasteiger partial charge in [-0.2, -0.15) is 0 Å². The molecule has 0 aliphatic carbocycles. The van der Waals surface area contributed by atoms with Crippen LogP contribution in [0.25, 0.3) is 0 Å². The Balaban J connectivity index is 2.11. The van der Waals surface area contributed by atoms with Gasteiger partial charge in [-0.15, -0.1) is 0 Å². The predicted octanol–water partition coefficient (Wildman–Crippen LogP) is 12.4. The van der Waals surface area contributed by atoms with Gasteiger partial charge < -0.3 is 9.80 Å². The highest BCUT2D eigenvalue weighted by molar-refractivity contribution is 4.97. The monoisotopic (exact) mass is 533 g/mol. The zero-order valence-electron chi connectivity index (χ0n) is 26.8. The van der Waals surface area contributed by atoms with Crippen molar-refractivity contribution in [1.82, 2.24) is 9.80 Å². The third kappa shape index (κ3) is 20.3. The fraction of sp³-hybridized carbons (Fsp3) is 0.944. The molecule has 0 amide bonds. The molecule has 0 radical (unpaired) electrons. The summed E-state index contributed by atoms with van der Waals surface area (Å²) < 4.78 is 0. The van der Waals surface area contributed by atoms with Crippen LogP contribution in [0.1, 0.15) is 201 Å². The summed E-state index contributed by atoms with van der Waals surface area (Å²) in [5.41, 5.74) is 0. The molecule has 1 aliphatic rings. The summed E-state index contributed by atoms with van der Waals surface area (Å²) in [4.78, 5) is 5.38. The van der Waals surface area contributed by atoms with Gasteiger partial charge in [-0.1, -0.05) is 175 Å². The molecule has 0 saturated carbocycles. The maximum Gasteiger partial charge on any atom is 0.101 e. The molecular formula is C36H72N2. The second-order valence-electron chi connectivity index (χ2n) is 12.5. The highest BCUT2D eigenvalue weighted by atomic mass is 15.4. The Labute approximate surface area is 241 Å². The van der Waals surface area contributed by atoms with Gasteiger partial charge in [0.1, 0.15) is 6.17 Å². The molecule has 0 aromatic rings. The Bertz CT molecular complexity index is 488. The van der Waals surface area contributed by atoms with Crippen LogP contribution in [0.5, 0.6) is 0 Å². The molecule has 0 N–H and O–H groups in total. The van der Waals surface area contributed by atoms with E-state index in [4.69, 9.17) is 0 Å². The van der Waals surface area contributed by atoms with E-state index < -0.39 is 0 Å². The van der Waals surface area contributed by atoms with Gasteiger partial charge in [-0.25, -0.2) is 0 Å². The van der Waals surface area contributed by atoms with Crippen molar-refractivity contribution in [1.29, 1.82) is 0 Å². The molecule has 1 aliphatic heterocycles. The average Bonchev–Trinajstić information content (AvgIpc) is 3.31. The smallest absolute Gasteiger partial charge is 0.101 e. The maximum absolute atomic E-state index is 2.70. The van der Waals surface area contributed by atoms with Crippen LogP contribution in [0.2, 0.25) is 0 Å². The van der Waals surface area contributed by atoms with E-state index in [1.807, 2.05) is 0 Å². The van der Waals surface area contributed by atoms with Crippen molar-refractivity contribution in [2.24, 2.45) is 0 Å². The standard InChI is InChI=1S/C36H72N2/c1-4-7-10-13-15-17-18-19-20-21-22-23-25-27-30-33-38-35-34-37(32-29-12-9-6-3)36(38)31-28-26-24-16-14-11-8-5-2/h34-36H,4-33H2,1-3H3. The third-order valence-electron chi connectivity index (χ3n) is 8.82. The van der Waals surface area contributed by atoms with Crippen molar-refractivity contribution >= 4 is 0 Å². The van der Waals surface area contributed by atoms with Crippen LogP contribution in [-0.2, 0) is 0 Å². The normalized spacial score (nSPS) is 15.3. The van der Waals surface area contributed by atoms with E-state index in [0.717, 1.165) is 0 Å². The summed E-state index contributed by atoms with van der Waals surface area (Å²) >= 11 is 0. The summed E-state index contributed by atoms with van der Waals surface area (Å²) in [5, 5.41) is 0. The lowest BCUT2D eigenvalue weighted by Crippen LogP contribution is -2.39. The van der Waals surface area contributed by atoms with Crippen LogP contribution in [-0.4, -0.2) is 29.1 Å². The molecule has 0 saturated heterocycles. The van der Waals surface area contributed by atoms with Crippen molar-refractivity contribution < 1.29 is 0 Å². The van der Waals surface area contributed by atoms with E-state index in [2.05, 4.69) is 43.0 Å². The van der Waals surface area contributed by atoms with Gasteiger partial charge in [0.15, 0.2) is 0 Å². The predicted molar refractivity (Wildman–Crippen MR) is 173 cm³/mol. The first-order valence-electron chi connectivity index (χ1n) is 18.0. The number of nitrogens with zero attached hydrogens (tertiary/aromatic N) is 2. The Morgan fingerprint density at radius 3 is 0.947 bits per heavy atom. The van der Waals surface area contributed by atoms with Crippen molar-refractivity contribution in [3.05, 3.63) is 12.4 Å². The molecule has 1 unspecified atom stereocenters. The topological polar surface area (TPSA) is 6.48 Å². The number of unbranched alkanes of at least 4 members (excludes halogenated alkanes) is 24. The van der Waals surface area contributed by atoms with E-state index in [-0.39, 0.29) is 0 Å². The van der Waals surface area contributed by atoms with Crippen LogP contribution in [0.3, 0.4) is 0 Å². The van der Waals surface area contributed by atoms with Crippen LogP contribution in [0, 0.1) is 0 Å². The third-order valence-corrected chi connectivity index (χ3v) is 8.82. The van der Waals surface area contributed by atoms with Gasteiger partial charge in [0.25, 0.3) is 0 Å². The minimum Gasteiger partial charge on any atom is -0.356 e. The van der Waals surface area contributed by atoms with Crippen LogP contribution in [0.4, 0.5) is 0 Å². The SMILES string of the molecule is CCCCCCCCCCCCCCCCCN1C=CN(CCCCCC)C1CCCCCCCCCC. The molecule has 38 heavy (non-hydrogen) atoms. The van der Waals surface area contributed by atoms with Crippen LogP contribution in [0.15, 0.2) is 12.4 Å². The summed E-state index contributed by atoms with van der Waals surface area (Å²) in [7, 11) is 0. The Hall–Kier alpha value is -0.660. The van der Waals surface area contributed by atoms with Crippen molar-refractivity contribution in [3.8, 4) is 0 Å². The van der Waals surface area contributed by atoms with Crippen LogP contribution < -0.4 is 0 Å². The molecule has 1 heterocycles. The maximum atomic E-state index is 2.70. The van der Waals surface area contributed by atoms with Gasteiger partial charge >= 0.3 is 0 Å². The first-order valence-corrected chi connectivity index (χ1v) is 18.0. The Morgan fingerprint density at radius 1 is 0.342 bits per heavy atom. The lowest BCUT2D eigenvalue weighted by Gasteiger charge is -2.33. The highest BCUT2D eigenvalue weighted by Crippen LogP contribution is 2.24. The summed E-state index contributed by atoms with van der Waals surface area (Å²) in [5.74, 6) is 0. The zero-order chi connectivity index (χ0) is 27.4. The fourth-order valence-corrected chi connectivity index (χ4v) is 6.19. The summed E-state index contributed by atoms with van der Waals surface area (Å²) in [6.45, 7) is 9.47. The number of hydrogen-bond acceptors (Lipinski definition) is 2. The van der Waals surface area contributed by atoms with Crippen LogP contribution >= 0.6 is 0 Å². The fourth-order valence-electron chi connectivity index (χ4n) is 6.19. The van der Waals surface area contributed by atoms with E-state index in [1.54, 1.807) is 0 Å². The highest BCUT2D eigenvalue weighted by Gasteiger charge is 2.24. The quantitative estimate of drug-likeness (QED) is 0.0848. The second kappa shape index (κ2) is 27.9. The van der Waals surface area contributed by atoms with E-state index in [1.165, 1.54) is 193 Å². The molecule has 0 aromatic heterocycles. The first kappa shape index (κ1) is 35.4. The molecule has 2 nitrogen and oxygen atoms in total. The minimum absolute atomic E-state index is 0.642. The molecule has 2 heteroatoms. The van der Waals surface area contributed by atoms with Crippen molar-refractivity contribution in [2.75, 3.05) is 13.1 Å². The Morgan fingerprint density at radius 2 is 0.605 bits per heavy atom. The average molecular weight is 533 g/mol. The van der Waals surface area contributed by atoms with E-state index >= 15 is 0 Å². The summed E-state index contributed by atoms with van der Waals surface area (Å²) in [6.07, 6.45) is 45.5. The van der Waals surface area contributed by atoms with Gasteiger partial charge in [0.2, 0.25) is 0 Å². The molecular weight excluding hydrogens is 460 g/mol. The van der Waals surface area contributed by atoms with Gasteiger partial charge in [-0.3, -0.25) is 0 Å². The second-order valence-corrected chi connectivity index (χ2v) is 12.5. The van der Waals surface area contributed by atoms with Gasteiger partial charge in [0.05, 0.1) is 0 Å². The molecule has 1 atom stereocenters. The lowest BCUT2D eigenvalue weighted by molar-refractivity contribution is 0.135. The van der Waals surface area contributed by atoms with E-state index in [9.17, 15) is 0 Å². The zero-order valence-corrected chi connectivity index (χ0v) is 26.8. The molecule has 0 spiro atoms. The molecule has 226 valence electrons. The largest absolute Gasteiger partial charge is 0.356 e. The minimum atomic E-state index is 0.642. The Kier molecular flexibility index (Phi) is 26.0. The van der Waals surface area contributed by atoms with E-state index in [0.29, 0.717) is 6.17 Å². The van der Waals surface area contributed by atoms with Gasteiger partial charge in [-0.05, 0) is 25.7 Å². The van der Waals surface area contributed by atoms with Crippen molar-refractivity contribution in [2.45, 2.75) is 207 Å². The number of hydrogen-bond donors (Lipinski definition) is 0. The molecule has 0 aromatic carbocycles. The lowest BCUT2D eigenvalue weighted by atomic mass is 10.0. The molecule has 1 rings (SSSR count). The molecule has 0 fully saturated rings. The van der Waals surface area contributed by atoms with Crippen molar-refractivity contribution in [3.63, 3.8) is 0 Å². The van der Waals surface area contributed by atoms with Gasteiger partial charge in [0, 0.05) is 25.5 Å². The summed E-state index contributed by atoms with van der Waals surface area (Å²) in [6, 6.07) is 0.